The van der Waals surface area contributed by atoms with Gasteiger partial charge < -0.3 is 10.3 Å². The van der Waals surface area contributed by atoms with Crippen LogP contribution < -0.4 is 5.73 Å². The lowest BCUT2D eigenvalue weighted by Gasteiger charge is -2.17. The minimum Gasteiger partial charge on any atom is -0.366 e. The second-order valence-corrected chi connectivity index (χ2v) is 6.96. The number of sulfonamides is 1. The summed E-state index contributed by atoms with van der Waals surface area (Å²) < 4.78 is 31.3. The van der Waals surface area contributed by atoms with E-state index in [4.69, 9.17) is 10.3 Å². The molecule has 22 heavy (non-hydrogen) atoms. The molecule has 0 aliphatic heterocycles. The van der Waals surface area contributed by atoms with Gasteiger partial charge in [-0.15, -0.1) is 0 Å². The van der Waals surface area contributed by atoms with Crippen LogP contribution in [0.4, 0.5) is 0 Å². The monoisotopic (exact) mass is 323 g/mol. The summed E-state index contributed by atoms with van der Waals surface area (Å²) in [6.07, 6.45) is 0. The van der Waals surface area contributed by atoms with Crippen molar-refractivity contribution in [2.24, 2.45) is 5.73 Å². The molecule has 2 N–H and O–H groups in total. The van der Waals surface area contributed by atoms with Crippen LogP contribution in [0.3, 0.4) is 0 Å². The van der Waals surface area contributed by atoms with Gasteiger partial charge in [0.2, 0.25) is 15.9 Å². The molecule has 1 heterocycles. The van der Waals surface area contributed by atoms with Crippen LogP contribution in [0.1, 0.15) is 27.4 Å². The normalized spacial score (nSPS) is 11.8. The number of rotatable bonds is 5. The Bertz CT molecular complexity index is 774. The van der Waals surface area contributed by atoms with E-state index in [0.717, 1.165) is 5.56 Å². The molecule has 2 rings (SSSR count). The van der Waals surface area contributed by atoms with Gasteiger partial charge in [0.1, 0.15) is 10.6 Å². The predicted molar refractivity (Wildman–Crippen MR) is 79.6 cm³/mol. The van der Waals surface area contributed by atoms with Crippen LogP contribution in [-0.4, -0.2) is 30.8 Å². The summed E-state index contributed by atoms with van der Waals surface area (Å²) >= 11 is 0. The maximum Gasteiger partial charge on any atom is 0.248 e. The molecule has 1 amide bonds. The number of hydrogen-bond donors (Lipinski definition) is 1. The summed E-state index contributed by atoms with van der Waals surface area (Å²) in [6, 6.07) is 6.46. The van der Waals surface area contributed by atoms with E-state index in [-0.39, 0.29) is 17.2 Å². The van der Waals surface area contributed by atoms with Crippen LogP contribution in [0.25, 0.3) is 0 Å². The highest BCUT2D eigenvalue weighted by Crippen LogP contribution is 2.23. The Hall–Kier alpha value is -2.19. The maximum atomic E-state index is 12.6. The third-order valence-corrected chi connectivity index (χ3v) is 5.33. The Balaban J connectivity index is 2.24. The average molecular weight is 323 g/mol. The fraction of sp³-hybridized carbons (Fsp3) is 0.286. The number of hydrogen-bond acceptors (Lipinski definition) is 5. The Labute approximate surface area is 128 Å². The van der Waals surface area contributed by atoms with Gasteiger partial charge in [0.15, 0.2) is 5.76 Å². The molecule has 0 atom stereocenters. The molecule has 0 radical (unpaired) electrons. The Morgan fingerprint density at radius 3 is 2.32 bits per heavy atom. The van der Waals surface area contributed by atoms with Crippen LogP contribution in [0.5, 0.6) is 0 Å². The zero-order valence-corrected chi connectivity index (χ0v) is 13.3. The number of amides is 1. The number of carbonyl (C=O) groups is 1. The van der Waals surface area contributed by atoms with Crippen LogP contribution in [0, 0.1) is 13.8 Å². The zero-order chi connectivity index (χ0) is 16.5. The number of nitrogens with two attached hydrogens (primary N) is 1. The molecular weight excluding hydrogens is 306 g/mol. The van der Waals surface area contributed by atoms with Gasteiger partial charge in [-0.25, -0.2) is 8.42 Å². The minimum atomic E-state index is -3.70. The van der Waals surface area contributed by atoms with Gasteiger partial charge in [0.25, 0.3) is 0 Å². The lowest BCUT2D eigenvalue weighted by Crippen LogP contribution is -2.27. The van der Waals surface area contributed by atoms with Gasteiger partial charge in [-0.2, -0.15) is 4.31 Å². The third-order valence-electron chi connectivity index (χ3n) is 3.28. The maximum absolute atomic E-state index is 12.6. The zero-order valence-electron chi connectivity index (χ0n) is 12.5. The van der Waals surface area contributed by atoms with Crippen molar-refractivity contribution >= 4 is 15.9 Å². The SMILES string of the molecule is Cc1noc(C)c1S(=O)(=O)N(C)Cc1ccc(C(N)=O)cc1. The van der Waals surface area contributed by atoms with Crippen molar-refractivity contribution in [1.29, 1.82) is 0 Å². The van der Waals surface area contributed by atoms with E-state index in [0.29, 0.717) is 11.3 Å². The molecule has 7 nitrogen and oxygen atoms in total. The smallest absolute Gasteiger partial charge is 0.248 e. The van der Waals surface area contributed by atoms with E-state index in [1.807, 2.05) is 0 Å². The highest BCUT2D eigenvalue weighted by atomic mass is 32.2. The molecule has 8 heteroatoms. The minimum absolute atomic E-state index is 0.0868. The molecule has 0 saturated carbocycles. The van der Waals surface area contributed by atoms with Crippen LogP contribution in [-0.2, 0) is 16.6 Å². The van der Waals surface area contributed by atoms with Crippen molar-refractivity contribution < 1.29 is 17.7 Å². The second kappa shape index (κ2) is 5.90. The molecule has 118 valence electrons. The van der Waals surface area contributed by atoms with Gasteiger partial charge >= 0.3 is 0 Å². The molecule has 1 aromatic carbocycles. The first-order valence-corrected chi connectivity index (χ1v) is 7.95. The van der Waals surface area contributed by atoms with E-state index < -0.39 is 15.9 Å². The average Bonchev–Trinajstić information content (AvgIpc) is 2.79. The fourth-order valence-electron chi connectivity index (χ4n) is 2.12. The van der Waals surface area contributed by atoms with E-state index in [1.165, 1.54) is 11.4 Å². The lowest BCUT2D eigenvalue weighted by molar-refractivity contribution is 0.1000. The number of nitrogens with zero attached hydrogens (tertiary/aromatic N) is 2. The van der Waals surface area contributed by atoms with Crippen molar-refractivity contribution in [3.63, 3.8) is 0 Å². The van der Waals surface area contributed by atoms with Crippen LogP contribution >= 0.6 is 0 Å². The van der Waals surface area contributed by atoms with Gasteiger partial charge in [-0.05, 0) is 31.5 Å². The molecule has 0 unspecified atom stereocenters. The van der Waals surface area contributed by atoms with Crippen molar-refractivity contribution in [1.82, 2.24) is 9.46 Å². The van der Waals surface area contributed by atoms with E-state index in [1.54, 1.807) is 38.1 Å². The molecule has 2 aromatic rings. The molecule has 1 aromatic heterocycles. The summed E-state index contributed by atoms with van der Waals surface area (Å²) in [7, 11) is -2.22. The predicted octanol–water partition coefficient (Wildman–Crippen LogP) is 1.21. The molecular formula is C14H17N3O4S. The van der Waals surface area contributed by atoms with Crippen LogP contribution in [0.15, 0.2) is 33.7 Å². The van der Waals surface area contributed by atoms with Gasteiger partial charge in [-0.1, -0.05) is 17.3 Å². The second-order valence-electron chi connectivity index (χ2n) is 4.98. The molecule has 0 fully saturated rings. The van der Waals surface area contributed by atoms with E-state index in [2.05, 4.69) is 5.16 Å². The molecule has 0 spiro atoms. The van der Waals surface area contributed by atoms with Crippen molar-refractivity contribution in [2.75, 3.05) is 7.05 Å². The van der Waals surface area contributed by atoms with Crippen LogP contribution in [0.2, 0.25) is 0 Å². The molecule has 0 aliphatic rings. The lowest BCUT2D eigenvalue weighted by atomic mass is 10.1. The third kappa shape index (κ3) is 3.02. The van der Waals surface area contributed by atoms with Crippen molar-refractivity contribution in [2.45, 2.75) is 25.3 Å². The summed E-state index contributed by atoms with van der Waals surface area (Å²) in [5, 5.41) is 3.67. The number of primary amides is 1. The quantitative estimate of drug-likeness (QED) is 0.890. The van der Waals surface area contributed by atoms with Gasteiger partial charge in [0, 0.05) is 19.2 Å². The van der Waals surface area contributed by atoms with Gasteiger partial charge in [0.05, 0.1) is 0 Å². The highest BCUT2D eigenvalue weighted by Gasteiger charge is 2.28. The number of carbonyl (C=O) groups excluding carboxylic acids is 1. The van der Waals surface area contributed by atoms with Crippen molar-refractivity contribution in [3.8, 4) is 0 Å². The van der Waals surface area contributed by atoms with Gasteiger partial charge in [-0.3, -0.25) is 4.79 Å². The van der Waals surface area contributed by atoms with E-state index in [9.17, 15) is 13.2 Å². The Kier molecular flexibility index (Phi) is 4.34. The van der Waals surface area contributed by atoms with E-state index >= 15 is 0 Å². The first kappa shape index (κ1) is 16.2. The molecule has 0 saturated heterocycles. The summed E-state index contributed by atoms with van der Waals surface area (Å²) in [5.41, 5.74) is 6.61. The topological polar surface area (TPSA) is 106 Å². The van der Waals surface area contributed by atoms with Crippen molar-refractivity contribution in [3.05, 3.63) is 46.8 Å². The largest absolute Gasteiger partial charge is 0.366 e. The fourth-order valence-corrected chi connectivity index (χ4v) is 3.56. The summed E-state index contributed by atoms with van der Waals surface area (Å²) in [4.78, 5) is 11.1. The standard InChI is InChI=1S/C14H17N3O4S/c1-9-13(10(2)21-16-9)22(19,20)17(3)8-11-4-6-12(7-5-11)14(15)18/h4-7H,8H2,1-3H3,(H2,15,18). The molecule has 0 bridgehead atoms. The number of aromatic nitrogens is 1. The molecule has 0 aliphatic carbocycles. The first-order chi connectivity index (χ1) is 10.2. The Morgan fingerprint density at radius 2 is 1.86 bits per heavy atom. The number of benzene rings is 1. The summed E-state index contributed by atoms with van der Waals surface area (Å²) in [6.45, 7) is 3.30. The summed E-state index contributed by atoms with van der Waals surface area (Å²) in [5.74, 6) is -0.267. The number of aryl methyl sites for hydroxylation is 2. The Morgan fingerprint density at radius 1 is 1.27 bits per heavy atom. The highest BCUT2D eigenvalue weighted by molar-refractivity contribution is 7.89. The first-order valence-electron chi connectivity index (χ1n) is 6.51.